The van der Waals surface area contributed by atoms with Crippen LogP contribution in [0.2, 0.25) is 0 Å². The lowest BCUT2D eigenvalue weighted by molar-refractivity contribution is -0.159. The van der Waals surface area contributed by atoms with Crippen LogP contribution in [0, 0.1) is 23.2 Å². The van der Waals surface area contributed by atoms with Crippen LogP contribution in [-0.4, -0.2) is 35.1 Å². The van der Waals surface area contributed by atoms with Crippen molar-refractivity contribution < 1.29 is 9.90 Å². The summed E-state index contributed by atoms with van der Waals surface area (Å²) in [5.74, 6) is 2.88. The maximum absolute atomic E-state index is 13.1. The number of hydrogen-bond donors (Lipinski definition) is 1. The quantitative estimate of drug-likeness (QED) is 0.829. The predicted octanol–water partition coefficient (Wildman–Crippen LogP) is 2.19. The fourth-order valence-corrected chi connectivity index (χ4v) is 5.97. The number of aliphatic hydroxyl groups excluding tert-OH is 1. The Labute approximate surface area is 115 Å². The Morgan fingerprint density at radius 2 is 1.68 bits per heavy atom. The number of likely N-dealkylation sites (tertiary alicyclic amines) is 1. The van der Waals surface area contributed by atoms with E-state index >= 15 is 0 Å². The van der Waals surface area contributed by atoms with Crippen LogP contribution < -0.4 is 0 Å². The lowest BCUT2D eigenvalue weighted by Gasteiger charge is -2.56. The number of rotatable bonds is 2. The van der Waals surface area contributed by atoms with E-state index in [-0.39, 0.29) is 18.1 Å². The second kappa shape index (κ2) is 4.21. The molecule has 1 N–H and O–H groups in total. The van der Waals surface area contributed by atoms with E-state index in [1.165, 1.54) is 19.3 Å². The smallest absolute Gasteiger partial charge is 0.229 e. The first kappa shape index (κ1) is 12.2. The van der Waals surface area contributed by atoms with Gasteiger partial charge in [-0.2, -0.15) is 0 Å². The van der Waals surface area contributed by atoms with Crippen LogP contribution in [0.4, 0.5) is 0 Å². The molecule has 1 saturated heterocycles. The van der Waals surface area contributed by atoms with Gasteiger partial charge in [-0.3, -0.25) is 4.79 Å². The van der Waals surface area contributed by atoms with Gasteiger partial charge in [0.25, 0.3) is 0 Å². The molecule has 5 fully saturated rings. The summed E-state index contributed by atoms with van der Waals surface area (Å²) < 4.78 is 0. The molecule has 0 unspecified atom stereocenters. The van der Waals surface area contributed by atoms with E-state index in [9.17, 15) is 9.90 Å². The highest BCUT2D eigenvalue weighted by atomic mass is 16.3. The Balaban J connectivity index is 1.59. The molecule has 0 aromatic rings. The van der Waals surface area contributed by atoms with Crippen LogP contribution in [0.5, 0.6) is 0 Å². The Kier molecular flexibility index (Phi) is 2.70. The number of hydrogen-bond acceptors (Lipinski definition) is 2. The van der Waals surface area contributed by atoms with Crippen molar-refractivity contribution >= 4 is 5.91 Å². The van der Waals surface area contributed by atoms with Crippen molar-refractivity contribution in [2.24, 2.45) is 23.2 Å². The molecular formula is C16H25NO2. The number of aliphatic hydroxyl groups is 1. The van der Waals surface area contributed by atoms with Gasteiger partial charge in [0.2, 0.25) is 5.91 Å². The molecule has 1 atom stereocenters. The summed E-state index contributed by atoms with van der Waals surface area (Å²) in [6.07, 6.45) is 9.66. The highest BCUT2D eigenvalue weighted by Crippen LogP contribution is 2.60. The molecule has 0 spiro atoms. The molecule has 1 amide bonds. The molecule has 3 nitrogen and oxygen atoms in total. The third-order valence-corrected chi connectivity index (χ3v) is 6.34. The van der Waals surface area contributed by atoms with Gasteiger partial charge in [-0.1, -0.05) is 0 Å². The van der Waals surface area contributed by atoms with Crippen molar-refractivity contribution in [2.75, 3.05) is 13.2 Å². The topological polar surface area (TPSA) is 40.5 Å². The number of nitrogens with zero attached hydrogens (tertiary/aromatic N) is 1. The third-order valence-electron chi connectivity index (χ3n) is 6.34. The molecule has 5 aliphatic rings. The van der Waals surface area contributed by atoms with Crippen LogP contribution in [0.15, 0.2) is 0 Å². The van der Waals surface area contributed by atoms with E-state index < -0.39 is 0 Å². The zero-order chi connectivity index (χ0) is 13.0. The summed E-state index contributed by atoms with van der Waals surface area (Å²) in [6, 6.07) is 0.112. The summed E-state index contributed by atoms with van der Waals surface area (Å²) in [5.41, 5.74) is -0.0213. The lowest BCUT2D eigenvalue weighted by Crippen LogP contribution is -2.55. The van der Waals surface area contributed by atoms with Crippen molar-refractivity contribution in [3.8, 4) is 0 Å². The van der Waals surface area contributed by atoms with Crippen molar-refractivity contribution in [1.29, 1.82) is 0 Å². The highest BCUT2D eigenvalue weighted by molar-refractivity contribution is 5.84. The van der Waals surface area contributed by atoms with Crippen LogP contribution >= 0.6 is 0 Å². The maximum Gasteiger partial charge on any atom is 0.229 e. The van der Waals surface area contributed by atoms with Crippen LogP contribution in [-0.2, 0) is 4.79 Å². The van der Waals surface area contributed by atoms with E-state index in [2.05, 4.69) is 0 Å². The molecule has 4 bridgehead atoms. The van der Waals surface area contributed by atoms with Gasteiger partial charge >= 0.3 is 0 Å². The minimum Gasteiger partial charge on any atom is -0.394 e. The lowest BCUT2D eigenvalue weighted by atomic mass is 9.49. The van der Waals surface area contributed by atoms with Gasteiger partial charge in [0, 0.05) is 6.54 Å². The minimum atomic E-state index is -0.0213. The standard InChI is InChI=1S/C16H25NO2/c18-10-14-2-1-3-17(14)15(19)16-7-11-4-12(8-16)6-13(5-11)9-16/h11-14,18H,1-10H2/t11?,12?,13?,14-,16?/m1/s1. The molecule has 106 valence electrons. The van der Waals surface area contributed by atoms with Gasteiger partial charge in [-0.15, -0.1) is 0 Å². The van der Waals surface area contributed by atoms with Crippen molar-refractivity contribution in [2.45, 2.75) is 57.4 Å². The Morgan fingerprint density at radius 1 is 1.11 bits per heavy atom. The molecular weight excluding hydrogens is 238 g/mol. The minimum absolute atomic E-state index is 0.0213. The largest absolute Gasteiger partial charge is 0.394 e. The fourth-order valence-electron chi connectivity index (χ4n) is 5.97. The first-order valence-corrected chi connectivity index (χ1v) is 8.12. The van der Waals surface area contributed by atoms with Crippen molar-refractivity contribution in [1.82, 2.24) is 4.90 Å². The molecule has 19 heavy (non-hydrogen) atoms. The SMILES string of the molecule is O=C(N1CCC[C@@H]1CO)C12CC3CC(CC(C3)C1)C2. The first-order chi connectivity index (χ1) is 9.20. The molecule has 3 heteroatoms. The van der Waals surface area contributed by atoms with Gasteiger partial charge in [0.1, 0.15) is 0 Å². The predicted molar refractivity (Wildman–Crippen MR) is 72.4 cm³/mol. The molecule has 0 radical (unpaired) electrons. The Hall–Kier alpha value is -0.570. The van der Waals surface area contributed by atoms with E-state index in [1.807, 2.05) is 4.90 Å². The van der Waals surface area contributed by atoms with Crippen molar-refractivity contribution in [3.05, 3.63) is 0 Å². The highest BCUT2D eigenvalue weighted by Gasteiger charge is 2.56. The second-order valence-electron chi connectivity index (χ2n) is 7.68. The van der Waals surface area contributed by atoms with Gasteiger partial charge in [0.15, 0.2) is 0 Å². The summed E-state index contributed by atoms with van der Waals surface area (Å²) in [4.78, 5) is 15.1. The molecule has 0 aromatic heterocycles. The molecule has 0 aromatic carbocycles. The number of carbonyl (C=O) groups excluding carboxylic acids is 1. The molecule has 1 heterocycles. The van der Waals surface area contributed by atoms with Gasteiger partial charge in [-0.25, -0.2) is 0 Å². The summed E-state index contributed by atoms with van der Waals surface area (Å²) >= 11 is 0. The van der Waals surface area contributed by atoms with E-state index in [0.29, 0.717) is 5.91 Å². The fraction of sp³-hybridized carbons (Fsp3) is 0.938. The third kappa shape index (κ3) is 1.77. The average Bonchev–Trinajstić information content (AvgIpc) is 2.84. The second-order valence-corrected chi connectivity index (χ2v) is 7.68. The summed E-state index contributed by atoms with van der Waals surface area (Å²) in [5, 5.41) is 9.47. The monoisotopic (exact) mass is 263 g/mol. The van der Waals surface area contributed by atoms with E-state index in [4.69, 9.17) is 0 Å². The molecule has 1 aliphatic heterocycles. The van der Waals surface area contributed by atoms with Crippen LogP contribution in [0.1, 0.15) is 51.4 Å². The van der Waals surface area contributed by atoms with Gasteiger partial charge in [0.05, 0.1) is 18.1 Å². The van der Waals surface area contributed by atoms with Crippen LogP contribution in [0.25, 0.3) is 0 Å². The zero-order valence-electron chi connectivity index (χ0n) is 11.7. The Morgan fingerprint density at radius 3 is 2.21 bits per heavy atom. The summed E-state index contributed by atoms with van der Waals surface area (Å²) in [6.45, 7) is 1.03. The van der Waals surface area contributed by atoms with Crippen molar-refractivity contribution in [3.63, 3.8) is 0 Å². The van der Waals surface area contributed by atoms with Gasteiger partial charge < -0.3 is 10.0 Å². The molecule has 4 aliphatic carbocycles. The number of carbonyl (C=O) groups is 1. The first-order valence-electron chi connectivity index (χ1n) is 8.12. The number of amides is 1. The Bertz CT molecular complexity index is 357. The van der Waals surface area contributed by atoms with E-state index in [1.54, 1.807) is 0 Å². The molecule has 4 saturated carbocycles. The van der Waals surface area contributed by atoms with Gasteiger partial charge in [-0.05, 0) is 69.1 Å². The zero-order valence-corrected chi connectivity index (χ0v) is 11.7. The maximum atomic E-state index is 13.1. The normalized spacial score (nSPS) is 47.9. The summed E-state index contributed by atoms with van der Waals surface area (Å²) in [7, 11) is 0. The molecule has 5 rings (SSSR count). The van der Waals surface area contributed by atoms with E-state index in [0.717, 1.165) is 56.4 Å². The van der Waals surface area contributed by atoms with Crippen LogP contribution in [0.3, 0.4) is 0 Å². The average molecular weight is 263 g/mol.